The first-order valence-electron chi connectivity index (χ1n) is 4.39. The van der Waals surface area contributed by atoms with Gasteiger partial charge in [-0.3, -0.25) is 0 Å². The van der Waals surface area contributed by atoms with Crippen LogP contribution in [0.15, 0.2) is 24.3 Å². The predicted octanol–water partition coefficient (Wildman–Crippen LogP) is 1.64. The highest BCUT2D eigenvalue weighted by atomic mass is 16.5. The molecule has 0 aliphatic heterocycles. The normalized spacial score (nSPS) is 7.18. The van der Waals surface area contributed by atoms with Gasteiger partial charge in [0.25, 0.3) is 0 Å². The molecule has 0 fully saturated rings. The lowest BCUT2D eigenvalue weighted by atomic mass is 10.2. The van der Waals surface area contributed by atoms with Crippen molar-refractivity contribution in [3.05, 3.63) is 29.8 Å². The molecule has 92 valence electrons. The van der Waals surface area contributed by atoms with E-state index in [1.54, 1.807) is 14.2 Å². The van der Waals surface area contributed by atoms with E-state index in [2.05, 4.69) is 0 Å². The molecule has 2 N–H and O–H groups in total. The molecule has 1 rings (SSSR count). The van der Waals surface area contributed by atoms with Gasteiger partial charge in [0.2, 0.25) is 12.2 Å². The van der Waals surface area contributed by atoms with Crippen LogP contribution >= 0.6 is 0 Å². The average Bonchev–Trinajstić information content (AvgIpc) is 2.32. The van der Waals surface area contributed by atoms with E-state index in [9.17, 15) is 0 Å². The largest absolute Gasteiger partial charge is 0.497 e. The predicted molar refractivity (Wildman–Crippen MR) is 60.5 cm³/mol. The molecule has 0 spiro atoms. The number of hydrogen-bond acceptors (Lipinski definition) is 6. The summed E-state index contributed by atoms with van der Waals surface area (Å²) in [4.78, 5) is 16.7. The summed E-state index contributed by atoms with van der Waals surface area (Å²) in [6.45, 7) is 0.636. The summed E-state index contributed by atoms with van der Waals surface area (Å²) in [5.74, 6) is 0.875. The van der Waals surface area contributed by atoms with Gasteiger partial charge in [-0.05, 0) is 17.7 Å². The van der Waals surface area contributed by atoms with Crippen LogP contribution in [0.2, 0.25) is 0 Å². The lowest BCUT2D eigenvalue weighted by molar-refractivity contribution is 0.184. The maximum Gasteiger partial charge on any atom is 0.231 e. The molecule has 0 radical (unpaired) electrons. The van der Waals surface area contributed by atoms with E-state index >= 15 is 0 Å². The smallest absolute Gasteiger partial charge is 0.231 e. The van der Waals surface area contributed by atoms with E-state index in [4.69, 9.17) is 29.9 Å². The molecule has 6 nitrogen and oxygen atoms in total. The van der Waals surface area contributed by atoms with E-state index in [1.807, 2.05) is 24.3 Å². The number of nitrogens with one attached hydrogen (secondary N) is 2. The molecule has 0 bridgehead atoms. The number of methoxy groups -OCH3 is 2. The molecule has 0 atom stereocenters. The van der Waals surface area contributed by atoms with E-state index in [0.29, 0.717) is 6.61 Å². The van der Waals surface area contributed by atoms with Gasteiger partial charge in [0.15, 0.2) is 0 Å². The zero-order valence-corrected chi connectivity index (χ0v) is 9.65. The van der Waals surface area contributed by atoms with Crippen molar-refractivity contribution >= 4 is 12.2 Å². The maximum absolute atomic E-state index is 8.35. The van der Waals surface area contributed by atoms with Crippen LogP contribution in [-0.4, -0.2) is 26.4 Å². The molecule has 1 aromatic carbocycles. The summed E-state index contributed by atoms with van der Waals surface area (Å²) in [6, 6.07) is 7.84. The lowest BCUT2D eigenvalue weighted by Gasteiger charge is -2.02. The molecule has 0 heterocycles. The van der Waals surface area contributed by atoms with Crippen LogP contribution < -0.4 is 4.74 Å². The first-order valence-corrected chi connectivity index (χ1v) is 4.39. The van der Waals surface area contributed by atoms with Crippen molar-refractivity contribution in [3.8, 4) is 5.75 Å². The molecule has 0 aromatic heterocycles. The van der Waals surface area contributed by atoms with Gasteiger partial charge in [0.05, 0.1) is 13.7 Å². The Hall–Kier alpha value is -2.26. The standard InChI is InChI=1S/C9H12O2.2CHNO/c1-10-7-8-4-3-5-9(6-8)11-2;2*2-1-3/h3-6H,7H2,1-2H3;2*2H. The monoisotopic (exact) mass is 238 g/mol. The third-order valence-electron chi connectivity index (χ3n) is 1.45. The minimum absolute atomic E-state index is 0.636. The summed E-state index contributed by atoms with van der Waals surface area (Å²) < 4.78 is 10.0. The number of rotatable bonds is 3. The summed E-state index contributed by atoms with van der Waals surface area (Å²) >= 11 is 0. The van der Waals surface area contributed by atoms with Crippen LogP contribution in [0.1, 0.15) is 5.56 Å². The van der Waals surface area contributed by atoms with Gasteiger partial charge in [0.1, 0.15) is 5.75 Å². The molecule has 1 aromatic rings. The second kappa shape index (κ2) is 13.7. The van der Waals surface area contributed by atoms with Crippen molar-refractivity contribution in [1.82, 2.24) is 0 Å². The fourth-order valence-electron chi connectivity index (χ4n) is 0.929. The topological polar surface area (TPSA) is 100 Å². The van der Waals surface area contributed by atoms with Crippen molar-refractivity contribution in [1.29, 1.82) is 10.8 Å². The van der Waals surface area contributed by atoms with Crippen molar-refractivity contribution in [2.45, 2.75) is 6.61 Å². The first-order chi connectivity index (χ1) is 8.19. The number of ether oxygens (including phenoxy) is 2. The summed E-state index contributed by atoms with van der Waals surface area (Å²) in [5, 5.41) is 10.8. The van der Waals surface area contributed by atoms with Crippen LogP contribution in [-0.2, 0) is 20.9 Å². The highest BCUT2D eigenvalue weighted by Gasteiger charge is 1.93. The molecule has 0 saturated heterocycles. The number of hydrogen-bond donors (Lipinski definition) is 2. The highest BCUT2D eigenvalue weighted by molar-refractivity contribution is 5.27. The highest BCUT2D eigenvalue weighted by Crippen LogP contribution is 2.12. The molecular weight excluding hydrogens is 224 g/mol. The summed E-state index contributed by atoms with van der Waals surface area (Å²) in [5.41, 5.74) is 1.13. The van der Waals surface area contributed by atoms with Gasteiger partial charge in [-0.25, -0.2) is 20.4 Å². The number of carbonyl (C=O) groups excluding carboxylic acids is 2. The maximum atomic E-state index is 8.35. The van der Waals surface area contributed by atoms with Gasteiger partial charge in [0, 0.05) is 7.11 Å². The van der Waals surface area contributed by atoms with Gasteiger partial charge in [-0.1, -0.05) is 12.1 Å². The Morgan fingerprint density at radius 3 is 2.12 bits per heavy atom. The zero-order valence-electron chi connectivity index (χ0n) is 9.65. The minimum Gasteiger partial charge on any atom is -0.497 e. The van der Waals surface area contributed by atoms with Crippen LogP contribution in [0.5, 0.6) is 5.75 Å². The Morgan fingerprint density at radius 2 is 1.71 bits per heavy atom. The molecule has 0 unspecified atom stereocenters. The minimum atomic E-state index is 0.636. The van der Waals surface area contributed by atoms with Crippen molar-refractivity contribution in [2.24, 2.45) is 0 Å². The Balaban J connectivity index is 0. The van der Waals surface area contributed by atoms with Gasteiger partial charge in [-0.15, -0.1) is 0 Å². The van der Waals surface area contributed by atoms with Crippen molar-refractivity contribution in [2.75, 3.05) is 14.2 Å². The molecule has 0 aliphatic rings. The lowest BCUT2D eigenvalue weighted by Crippen LogP contribution is -1.88. The van der Waals surface area contributed by atoms with Crippen LogP contribution in [0.4, 0.5) is 0 Å². The van der Waals surface area contributed by atoms with Crippen LogP contribution in [0.3, 0.4) is 0 Å². The second-order valence-electron chi connectivity index (χ2n) is 2.49. The van der Waals surface area contributed by atoms with Gasteiger partial charge < -0.3 is 9.47 Å². The number of isocyanates is 2. The molecule has 17 heavy (non-hydrogen) atoms. The third-order valence-corrected chi connectivity index (χ3v) is 1.45. The van der Waals surface area contributed by atoms with Crippen molar-refractivity contribution < 1.29 is 19.1 Å². The average molecular weight is 238 g/mol. The van der Waals surface area contributed by atoms with Gasteiger partial charge in [-0.2, -0.15) is 0 Å². The van der Waals surface area contributed by atoms with Crippen LogP contribution in [0.25, 0.3) is 0 Å². The summed E-state index contributed by atoms with van der Waals surface area (Å²) in [6.07, 6.45) is 1.50. The molecule has 0 amide bonds. The SMILES string of the molecule is COCc1cccc(OC)c1.N=C=O.N=C=O. The fourth-order valence-corrected chi connectivity index (χ4v) is 0.929. The summed E-state index contributed by atoms with van der Waals surface area (Å²) in [7, 11) is 3.34. The molecular formula is C11H14N2O4. The van der Waals surface area contributed by atoms with E-state index in [0.717, 1.165) is 23.5 Å². The van der Waals surface area contributed by atoms with Gasteiger partial charge >= 0.3 is 0 Å². The first kappa shape index (κ1) is 17.1. The molecule has 0 aliphatic carbocycles. The zero-order chi connectivity index (χ0) is 13.5. The van der Waals surface area contributed by atoms with Crippen LogP contribution in [0, 0.1) is 10.8 Å². The second-order valence-corrected chi connectivity index (χ2v) is 2.49. The molecule has 6 heteroatoms. The van der Waals surface area contributed by atoms with Crippen molar-refractivity contribution in [3.63, 3.8) is 0 Å². The Morgan fingerprint density at radius 1 is 1.18 bits per heavy atom. The number of benzene rings is 1. The Kier molecular flexibility index (Phi) is 13.9. The van der Waals surface area contributed by atoms with E-state index in [1.165, 1.54) is 0 Å². The Bertz CT molecular complexity index is 355. The Labute approximate surface area is 99.2 Å². The third kappa shape index (κ3) is 11.7. The fraction of sp³-hybridized carbons (Fsp3) is 0.273. The van der Waals surface area contributed by atoms with E-state index < -0.39 is 0 Å². The van der Waals surface area contributed by atoms with E-state index in [-0.39, 0.29) is 0 Å². The quantitative estimate of drug-likeness (QED) is 0.617. The molecule has 0 saturated carbocycles.